The Morgan fingerprint density at radius 2 is 1.63 bits per heavy atom. The highest BCUT2D eigenvalue weighted by molar-refractivity contribution is 6.32. The lowest BCUT2D eigenvalue weighted by molar-refractivity contribution is 0.0741. The van der Waals surface area contributed by atoms with Crippen LogP contribution in [0.1, 0.15) is 31.9 Å². The highest BCUT2D eigenvalue weighted by Crippen LogP contribution is 2.36. The molecular weight excluding hydrogens is 493 g/mol. The SMILES string of the molecule is C/C(N)=C(\CO)N(N)CC(O)COc1ccc(C(C)(C)c2ccc(OCC(O)CCl)c(Cl)c2)cc1. The summed E-state index contributed by atoms with van der Waals surface area (Å²) in [5, 5.41) is 30.8. The fourth-order valence-electron chi connectivity index (χ4n) is 3.40. The van der Waals surface area contributed by atoms with E-state index in [1.165, 1.54) is 5.01 Å². The number of hydrogen-bond acceptors (Lipinski definition) is 8. The molecule has 10 heteroatoms. The lowest BCUT2D eigenvalue weighted by Gasteiger charge is -2.27. The molecule has 0 aliphatic rings. The number of aliphatic hydroxyl groups excluding tert-OH is 3. The first-order chi connectivity index (χ1) is 16.5. The second-order valence-electron chi connectivity index (χ2n) is 8.82. The van der Waals surface area contributed by atoms with Gasteiger partial charge in [0.25, 0.3) is 0 Å². The zero-order valence-corrected chi connectivity index (χ0v) is 21.8. The van der Waals surface area contributed by atoms with Gasteiger partial charge in [0.15, 0.2) is 0 Å². The minimum atomic E-state index is -0.884. The summed E-state index contributed by atoms with van der Waals surface area (Å²) >= 11 is 12.0. The van der Waals surface area contributed by atoms with E-state index >= 15 is 0 Å². The summed E-state index contributed by atoms with van der Waals surface area (Å²) in [6, 6.07) is 13.1. The highest BCUT2D eigenvalue weighted by Gasteiger charge is 2.24. The van der Waals surface area contributed by atoms with Gasteiger partial charge in [0.1, 0.15) is 36.9 Å². The van der Waals surface area contributed by atoms with Crippen molar-refractivity contribution in [2.24, 2.45) is 11.6 Å². The number of ether oxygens (including phenoxy) is 2. The average molecular weight is 528 g/mol. The van der Waals surface area contributed by atoms with Gasteiger partial charge in [-0.1, -0.05) is 43.6 Å². The van der Waals surface area contributed by atoms with Crippen LogP contribution in [0.2, 0.25) is 5.02 Å². The lowest BCUT2D eigenvalue weighted by Crippen LogP contribution is -2.41. The molecule has 2 rings (SSSR count). The monoisotopic (exact) mass is 527 g/mol. The molecule has 2 unspecified atom stereocenters. The van der Waals surface area contributed by atoms with Gasteiger partial charge < -0.3 is 35.5 Å². The number of halogens is 2. The number of hydrogen-bond donors (Lipinski definition) is 5. The molecule has 0 aromatic heterocycles. The number of rotatable bonds is 13. The Balaban J connectivity index is 2.01. The summed E-state index contributed by atoms with van der Waals surface area (Å²) in [4.78, 5) is 0. The summed E-state index contributed by atoms with van der Waals surface area (Å²) in [6.07, 6.45) is -1.64. The molecular formula is C25H35Cl2N3O5. The van der Waals surface area contributed by atoms with E-state index in [9.17, 15) is 15.3 Å². The molecule has 0 spiro atoms. The first kappa shape index (κ1) is 29.0. The molecule has 2 aromatic rings. The van der Waals surface area contributed by atoms with Gasteiger partial charge in [0.05, 0.1) is 29.8 Å². The Morgan fingerprint density at radius 3 is 2.17 bits per heavy atom. The number of nitrogens with zero attached hydrogens (tertiary/aromatic N) is 1. The van der Waals surface area contributed by atoms with E-state index in [4.69, 9.17) is 44.3 Å². The zero-order valence-electron chi connectivity index (χ0n) is 20.2. The maximum atomic E-state index is 10.2. The summed E-state index contributed by atoms with van der Waals surface area (Å²) < 4.78 is 11.2. The molecule has 35 heavy (non-hydrogen) atoms. The van der Waals surface area contributed by atoms with Crippen LogP contribution in [-0.4, -0.2) is 64.8 Å². The maximum Gasteiger partial charge on any atom is 0.138 e. The molecule has 0 amide bonds. The van der Waals surface area contributed by atoms with E-state index in [0.29, 0.717) is 27.9 Å². The van der Waals surface area contributed by atoms with E-state index in [-0.39, 0.29) is 37.7 Å². The quantitative estimate of drug-likeness (QED) is 0.152. The summed E-state index contributed by atoms with van der Waals surface area (Å²) in [5.74, 6) is 7.03. The number of alkyl halides is 1. The van der Waals surface area contributed by atoms with E-state index in [2.05, 4.69) is 13.8 Å². The molecule has 0 bridgehead atoms. The molecule has 0 aliphatic carbocycles. The van der Waals surface area contributed by atoms with Crippen molar-refractivity contribution < 1.29 is 24.8 Å². The normalized spacial score (nSPS) is 14.2. The maximum absolute atomic E-state index is 10.2. The Morgan fingerprint density at radius 1 is 1.03 bits per heavy atom. The first-order valence-electron chi connectivity index (χ1n) is 11.2. The molecule has 8 nitrogen and oxygen atoms in total. The predicted molar refractivity (Wildman–Crippen MR) is 139 cm³/mol. The predicted octanol–water partition coefficient (Wildman–Crippen LogP) is 2.74. The van der Waals surface area contributed by atoms with Crippen molar-refractivity contribution in [3.05, 3.63) is 70.0 Å². The average Bonchev–Trinajstić information content (AvgIpc) is 2.82. The Labute approximate surface area is 216 Å². The molecule has 2 atom stereocenters. The second-order valence-corrected chi connectivity index (χ2v) is 9.53. The first-order valence-corrected chi connectivity index (χ1v) is 12.1. The summed E-state index contributed by atoms with van der Waals surface area (Å²) in [6.45, 7) is 5.62. The molecule has 0 saturated carbocycles. The van der Waals surface area contributed by atoms with Crippen molar-refractivity contribution in [2.75, 3.05) is 32.2 Å². The van der Waals surface area contributed by atoms with Crippen LogP contribution < -0.4 is 21.1 Å². The van der Waals surface area contributed by atoms with Crippen molar-refractivity contribution in [1.29, 1.82) is 0 Å². The molecule has 2 aromatic carbocycles. The summed E-state index contributed by atoms with van der Waals surface area (Å²) in [5.41, 5.74) is 8.09. The fraction of sp³-hybridized carbons (Fsp3) is 0.440. The Hall–Kier alpha value is -2.20. The molecule has 0 aliphatic heterocycles. The Bertz CT molecular complexity index is 982. The van der Waals surface area contributed by atoms with Crippen LogP contribution in [0.25, 0.3) is 0 Å². The van der Waals surface area contributed by atoms with Crippen LogP contribution in [0.5, 0.6) is 11.5 Å². The standard InChI is InChI=1S/C25H35Cl2N3O5/c1-16(28)23(13-31)30(29)12-20(33)15-34-21-7-4-17(5-8-21)25(2,3)18-6-9-24(22(27)10-18)35-14-19(32)11-26/h4-10,19-20,31-33H,11-15,28-29H2,1-3H3/b23-16-. The minimum Gasteiger partial charge on any atom is -0.491 e. The van der Waals surface area contributed by atoms with Crippen LogP contribution >= 0.6 is 23.2 Å². The van der Waals surface area contributed by atoms with Crippen molar-refractivity contribution in [3.63, 3.8) is 0 Å². The van der Waals surface area contributed by atoms with Crippen LogP contribution in [0.4, 0.5) is 0 Å². The van der Waals surface area contributed by atoms with Crippen LogP contribution in [0.3, 0.4) is 0 Å². The molecule has 0 saturated heterocycles. The number of allylic oxidation sites excluding steroid dienone is 1. The number of nitrogens with two attached hydrogens (primary N) is 2. The van der Waals surface area contributed by atoms with E-state index in [1.54, 1.807) is 13.0 Å². The minimum absolute atomic E-state index is 0.0221. The molecule has 0 heterocycles. The summed E-state index contributed by atoms with van der Waals surface area (Å²) in [7, 11) is 0. The van der Waals surface area contributed by atoms with E-state index in [1.807, 2.05) is 36.4 Å². The van der Waals surface area contributed by atoms with Crippen molar-refractivity contribution in [1.82, 2.24) is 5.01 Å². The van der Waals surface area contributed by atoms with Crippen molar-refractivity contribution >= 4 is 23.2 Å². The topological polar surface area (TPSA) is 134 Å². The number of aliphatic hydroxyl groups is 3. The van der Waals surface area contributed by atoms with Gasteiger partial charge in [-0.25, -0.2) is 5.84 Å². The molecule has 7 N–H and O–H groups in total. The van der Waals surface area contributed by atoms with Gasteiger partial charge in [-0.3, -0.25) is 0 Å². The van der Waals surface area contributed by atoms with Gasteiger partial charge in [0, 0.05) is 11.1 Å². The lowest BCUT2D eigenvalue weighted by atomic mass is 9.78. The third-order valence-corrected chi connectivity index (χ3v) is 6.29. The van der Waals surface area contributed by atoms with Crippen molar-refractivity contribution in [3.8, 4) is 11.5 Å². The van der Waals surface area contributed by atoms with Gasteiger partial charge in [-0.05, 0) is 42.3 Å². The number of benzene rings is 2. The van der Waals surface area contributed by atoms with Gasteiger partial charge >= 0.3 is 0 Å². The molecule has 0 fully saturated rings. The molecule has 194 valence electrons. The van der Waals surface area contributed by atoms with E-state index in [0.717, 1.165) is 11.1 Å². The second kappa shape index (κ2) is 13.2. The third-order valence-electron chi connectivity index (χ3n) is 5.64. The van der Waals surface area contributed by atoms with E-state index < -0.39 is 12.2 Å². The largest absolute Gasteiger partial charge is 0.491 e. The third kappa shape index (κ3) is 8.17. The van der Waals surface area contributed by atoms with Crippen LogP contribution in [0.15, 0.2) is 53.9 Å². The van der Waals surface area contributed by atoms with Crippen LogP contribution in [-0.2, 0) is 5.41 Å². The Kier molecular flexibility index (Phi) is 11.0. The molecule has 0 radical (unpaired) electrons. The van der Waals surface area contributed by atoms with Gasteiger partial charge in [-0.2, -0.15) is 0 Å². The highest BCUT2D eigenvalue weighted by atomic mass is 35.5. The van der Waals surface area contributed by atoms with Gasteiger partial charge in [-0.15, -0.1) is 11.6 Å². The zero-order chi connectivity index (χ0) is 26.2. The smallest absolute Gasteiger partial charge is 0.138 e. The van der Waals surface area contributed by atoms with Crippen LogP contribution in [0, 0.1) is 0 Å². The van der Waals surface area contributed by atoms with Gasteiger partial charge in [0.2, 0.25) is 0 Å². The fourth-order valence-corrected chi connectivity index (χ4v) is 3.72. The van der Waals surface area contributed by atoms with Crippen molar-refractivity contribution in [2.45, 2.75) is 38.4 Å². The number of hydrazine groups is 1.